The van der Waals surface area contributed by atoms with Crippen LogP contribution in [-0.2, 0) is 11.2 Å². The van der Waals surface area contributed by atoms with Gasteiger partial charge in [0.05, 0.1) is 5.69 Å². The molecule has 112 valence electrons. The van der Waals surface area contributed by atoms with Gasteiger partial charge in [-0.1, -0.05) is 31.2 Å². The van der Waals surface area contributed by atoms with Gasteiger partial charge in [0.1, 0.15) is 10.5 Å². The van der Waals surface area contributed by atoms with Crippen LogP contribution in [0.15, 0.2) is 30.3 Å². The third-order valence-corrected chi connectivity index (χ3v) is 4.17. The number of esters is 1. The Morgan fingerprint density at radius 2 is 1.95 bits per heavy atom. The number of carbonyl (C=O) groups is 1. The normalized spacial score (nSPS) is 11.4. The Labute approximate surface area is 129 Å². The monoisotopic (exact) mass is 303 g/mol. The van der Waals surface area contributed by atoms with Crippen LogP contribution in [0.2, 0.25) is 0 Å². The standard InChI is InChI=1S/C17H21NO2S/c1-5-11-8-6-7-9-12(11)14-10-13(18)15(21-14)16(19)20-17(2,3)4/h6-10H,5,18H2,1-4H3. The van der Waals surface area contributed by atoms with Crippen molar-refractivity contribution in [2.45, 2.75) is 39.7 Å². The van der Waals surface area contributed by atoms with Crippen molar-refractivity contribution in [3.8, 4) is 10.4 Å². The minimum absolute atomic E-state index is 0.356. The van der Waals surface area contributed by atoms with E-state index in [4.69, 9.17) is 10.5 Å². The van der Waals surface area contributed by atoms with Gasteiger partial charge in [0.25, 0.3) is 0 Å². The topological polar surface area (TPSA) is 52.3 Å². The van der Waals surface area contributed by atoms with Gasteiger partial charge >= 0.3 is 5.97 Å². The first kappa shape index (κ1) is 15.6. The molecule has 0 aliphatic carbocycles. The summed E-state index contributed by atoms with van der Waals surface area (Å²) in [7, 11) is 0. The lowest BCUT2D eigenvalue weighted by molar-refractivity contribution is 0.00764. The number of hydrogen-bond donors (Lipinski definition) is 1. The van der Waals surface area contributed by atoms with Crippen molar-refractivity contribution in [2.24, 2.45) is 0 Å². The average Bonchev–Trinajstić information content (AvgIpc) is 2.79. The highest BCUT2D eigenvalue weighted by Gasteiger charge is 2.22. The number of benzene rings is 1. The first-order valence-electron chi connectivity index (χ1n) is 7.02. The fourth-order valence-electron chi connectivity index (χ4n) is 2.09. The molecular formula is C17H21NO2S. The van der Waals surface area contributed by atoms with Crippen molar-refractivity contribution in [2.75, 3.05) is 5.73 Å². The second kappa shape index (κ2) is 5.90. The van der Waals surface area contributed by atoms with Crippen molar-refractivity contribution in [1.82, 2.24) is 0 Å². The molecule has 0 radical (unpaired) electrons. The second-order valence-corrected chi connectivity index (χ2v) is 6.96. The number of carbonyl (C=O) groups excluding carboxylic acids is 1. The van der Waals surface area contributed by atoms with E-state index >= 15 is 0 Å². The number of rotatable bonds is 3. The van der Waals surface area contributed by atoms with Crippen molar-refractivity contribution in [3.05, 3.63) is 40.8 Å². The maximum absolute atomic E-state index is 12.2. The molecule has 2 aromatic rings. The van der Waals surface area contributed by atoms with E-state index in [2.05, 4.69) is 19.1 Å². The highest BCUT2D eigenvalue weighted by atomic mass is 32.1. The lowest BCUT2D eigenvalue weighted by atomic mass is 10.0. The molecular weight excluding hydrogens is 282 g/mol. The van der Waals surface area contributed by atoms with E-state index in [-0.39, 0.29) is 5.97 Å². The lowest BCUT2D eigenvalue weighted by Crippen LogP contribution is -2.23. The first-order valence-corrected chi connectivity index (χ1v) is 7.84. The fourth-order valence-corrected chi connectivity index (χ4v) is 3.11. The van der Waals surface area contributed by atoms with E-state index in [1.165, 1.54) is 16.9 Å². The van der Waals surface area contributed by atoms with Gasteiger partial charge in [-0.25, -0.2) is 4.79 Å². The van der Waals surface area contributed by atoms with Gasteiger partial charge in [0.15, 0.2) is 0 Å². The van der Waals surface area contributed by atoms with Crippen LogP contribution in [0.4, 0.5) is 5.69 Å². The molecule has 0 unspecified atom stereocenters. The van der Waals surface area contributed by atoms with Crippen LogP contribution in [0.5, 0.6) is 0 Å². The predicted molar refractivity (Wildman–Crippen MR) is 88.7 cm³/mol. The van der Waals surface area contributed by atoms with Crippen molar-refractivity contribution < 1.29 is 9.53 Å². The van der Waals surface area contributed by atoms with Crippen LogP contribution in [-0.4, -0.2) is 11.6 Å². The van der Waals surface area contributed by atoms with E-state index in [9.17, 15) is 4.79 Å². The molecule has 0 aliphatic heterocycles. The average molecular weight is 303 g/mol. The molecule has 0 atom stereocenters. The number of aryl methyl sites for hydroxylation is 1. The Balaban J connectivity index is 2.37. The zero-order chi connectivity index (χ0) is 15.6. The van der Waals surface area contributed by atoms with Crippen molar-refractivity contribution in [1.29, 1.82) is 0 Å². The number of thiophene rings is 1. The third kappa shape index (κ3) is 3.64. The second-order valence-electron chi connectivity index (χ2n) is 5.91. The molecule has 3 nitrogen and oxygen atoms in total. The molecule has 1 aromatic heterocycles. The molecule has 0 fully saturated rings. The quantitative estimate of drug-likeness (QED) is 0.848. The summed E-state index contributed by atoms with van der Waals surface area (Å²) in [5.74, 6) is -0.356. The van der Waals surface area contributed by atoms with Crippen molar-refractivity contribution in [3.63, 3.8) is 0 Å². The number of nitrogen functional groups attached to an aromatic ring is 1. The molecule has 2 rings (SSSR count). The zero-order valence-electron chi connectivity index (χ0n) is 12.9. The van der Waals surface area contributed by atoms with Gasteiger partial charge < -0.3 is 10.5 Å². The summed E-state index contributed by atoms with van der Waals surface area (Å²) in [6, 6.07) is 10.0. The SMILES string of the molecule is CCc1ccccc1-c1cc(N)c(C(=O)OC(C)(C)C)s1. The van der Waals surface area contributed by atoms with Crippen molar-refractivity contribution >= 4 is 23.0 Å². The molecule has 1 aromatic carbocycles. The largest absolute Gasteiger partial charge is 0.456 e. The minimum atomic E-state index is -0.519. The van der Waals surface area contributed by atoms with E-state index in [0.29, 0.717) is 10.6 Å². The third-order valence-electron chi connectivity index (χ3n) is 3.01. The summed E-state index contributed by atoms with van der Waals surface area (Å²) in [6.45, 7) is 7.66. The molecule has 2 N–H and O–H groups in total. The highest BCUT2D eigenvalue weighted by Crippen LogP contribution is 2.36. The van der Waals surface area contributed by atoms with Gasteiger partial charge in [-0.2, -0.15) is 0 Å². The van der Waals surface area contributed by atoms with Crippen LogP contribution < -0.4 is 5.73 Å². The van der Waals surface area contributed by atoms with Gasteiger partial charge in [0.2, 0.25) is 0 Å². The number of ether oxygens (including phenoxy) is 1. The Kier molecular flexibility index (Phi) is 4.37. The van der Waals surface area contributed by atoms with Crippen LogP contribution in [0.3, 0.4) is 0 Å². The predicted octanol–water partition coefficient (Wildman–Crippen LogP) is 4.52. The van der Waals surface area contributed by atoms with E-state index in [1.807, 2.05) is 39.0 Å². The summed E-state index contributed by atoms with van der Waals surface area (Å²) in [5.41, 5.74) is 8.34. The fraction of sp³-hybridized carbons (Fsp3) is 0.353. The molecule has 1 heterocycles. The minimum Gasteiger partial charge on any atom is -0.456 e. The van der Waals surface area contributed by atoms with Crippen LogP contribution in [0, 0.1) is 0 Å². The summed E-state index contributed by atoms with van der Waals surface area (Å²) in [5, 5.41) is 0. The Hall–Kier alpha value is -1.81. The summed E-state index contributed by atoms with van der Waals surface area (Å²) >= 11 is 1.39. The molecule has 0 saturated carbocycles. The smallest absolute Gasteiger partial charge is 0.350 e. The van der Waals surface area contributed by atoms with E-state index in [0.717, 1.165) is 16.9 Å². The van der Waals surface area contributed by atoms with E-state index in [1.54, 1.807) is 0 Å². The molecule has 0 spiro atoms. The Morgan fingerprint density at radius 3 is 2.57 bits per heavy atom. The molecule has 0 saturated heterocycles. The maximum atomic E-state index is 12.2. The van der Waals surface area contributed by atoms with Gasteiger partial charge in [0, 0.05) is 4.88 Å². The first-order chi connectivity index (χ1) is 9.81. The molecule has 21 heavy (non-hydrogen) atoms. The molecule has 0 aliphatic rings. The molecule has 4 heteroatoms. The number of nitrogens with two attached hydrogens (primary N) is 1. The van der Waals surface area contributed by atoms with Crippen LogP contribution in [0.1, 0.15) is 42.9 Å². The van der Waals surface area contributed by atoms with Crippen LogP contribution in [0.25, 0.3) is 10.4 Å². The van der Waals surface area contributed by atoms with Gasteiger partial charge in [-0.15, -0.1) is 11.3 Å². The van der Waals surface area contributed by atoms with Gasteiger partial charge in [-0.05, 0) is 44.4 Å². The zero-order valence-corrected chi connectivity index (χ0v) is 13.7. The lowest BCUT2D eigenvalue weighted by Gasteiger charge is -2.18. The molecule has 0 bridgehead atoms. The molecule has 0 amide bonds. The maximum Gasteiger partial charge on any atom is 0.350 e. The van der Waals surface area contributed by atoms with E-state index < -0.39 is 5.60 Å². The Morgan fingerprint density at radius 1 is 1.29 bits per heavy atom. The number of anilines is 1. The summed E-state index contributed by atoms with van der Waals surface area (Å²) < 4.78 is 5.40. The number of hydrogen-bond acceptors (Lipinski definition) is 4. The highest BCUT2D eigenvalue weighted by molar-refractivity contribution is 7.18. The summed E-state index contributed by atoms with van der Waals surface area (Å²) in [6.07, 6.45) is 0.940. The Bertz CT molecular complexity index is 653. The summed E-state index contributed by atoms with van der Waals surface area (Å²) in [4.78, 5) is 13.7. The van der Waals surface area contributed by atoms with Gasteiger partial charge in [-0.3, -0.25) is 0 Å². The van der Waals surface area contributed by atoms with Crippen LogP contribution >= 0.6 is 11.3 Å².